The fraction of sp³-hybridized carbons (Fsp3) is 0.217. The molecule has 3 heterocycles. The van der Waals surface area contributed by atoms with Crippen molar-refractivity contribution in [3.8, 4) is 11.5 Å². The van der Waals surface area contributed by atoms with Crippen molar-refractivity contribution in [3.63, 3.8) is 0 Å². The number of furan rings is 1. The highest BCUT2D eigenvalue weighted by atomic mass is 32.2. The zero-order valence-corrected chi connectivity index (χ0v) is 18.0. The van der Waals surface area contributed by atoms with Crippen molar-refractivity contribution < 1.29 is 13.4 Å². The largest absolute Gasteiger partial charge is 0.469 e. The third kappa shape index (κ3) is 5.21. The molecular formula is C23H24N4O3S. The highest BCUT2D eigenvalue weighted by Crippen LogP contribution is 2.21. The minimum atomic E-state index is -1.37. The van der Waals surface area contributed by atoms with E-state index in [0.717, 1.165) is 22.8 Å². The van der Waals surface area contributed by atoms with Crippen molar-refractivity contribution in [3.05, 3.63) is 90.8 Å². The quantitative estimate of drug-likeness (QED) is 0.437. The van der Waals surface area contributed by atoms with Crippen LogP contribution in [-0.2, 0) is 27.8 Å². The molecule has 0 saturated heterocycles. The van der Waals surface area contributed by atoms with Gasteiger partial charge in [0.05, 0.1) is 23.9 Å². The average Bonchev–Trinajstić information content (AvgIpc) is 3.50. The van der Waals surface area contributed by atoms with Crippen LogP contribution < -0.4 is 5.32 Å². The molecule has 0 aliphatic heterocycles. The molecule has 1 N–H and O–H groups in total. The van der Waals surface area contributed by atoms with Gasteiger partial charge in [-0.1, -0.05) is 18.2 Å². The van der Waals surface area contributed by atoms with E-state index in [4.69, 9.17) is 4.42 Å². The third-order valence-electron chi connectivity index (χ3n) is 4.77. The smallest absolute Gasteiger partial charge is 0.232 e. The molecule has 4 aromatic rings. The van der Waals surface area contributed by atoms with Gasteiger partial charge in [0.15, 0.2) is 0 Å². The molecule has 2 atom stereocenters. The van der Waals surface area contributed by atoms with Crippen LogP contribution in [0, 0.1) is 0 Å². The van der Waals surface area contributed by atoms with Gasteiger partial charge in [0, 0.05) is 41.2 Å². The zero-order chi connectivity index (χ0) is 21.6. The van der Waals surface area contributed by atoms with E-state index in [2.05, 4.69) is 10.4 Å². The number of rotatable bonds is 9. The number of nitrogens with zero attached hydrogens (tertiary/aromatic N) is 3. The number of benzene rings is 1. The Morgan fingerprint density at radius 2 is 1.90 bits per heavy atom. The monoisotopic (exact) mass is 436 g/mol. The molecule has 1 aromatic carbocycles. The summed E-state index contributed by atoms with van der Waals surface area (Å²) in [4.78, 5) is 12.4. The molecule has 0 aliphatic carbocycles. The first-order valence-electron chi connectivity index (χ1n) is 10.0. The van der Waals surface area contributed by atoms with Gasteiger partial charge in [-0.15, -0.1) is 0 Å². The molecule has 4 rings (SSSR count). The lowest BCUT2D eigenvalue weighted by Crippen LogP contribution is -2.37. The zero-order valence-electron chi connectivity index (χ0n) is 17.2. The van der Waals surface area contributed by atoms with Crippen LogP contribution in [0.5, 0.6) is 0 Å². The standard InChI is InChI=1S/C23H24N4O3S/c1-18(14-21-10-7-13-30-21)25-22(28)17-31(29)16-19-15-24-27(20-8-3-2-4-9-20)23(19)26-11-5-6-12-26/h2-13,15,18H,14,16-17H2,1H3,(H,25,28)/t18-,31+/m1/s1. The molecule has 0 radical (unpaired) electrons. The number of hydrogen-bond acceptors (Lipinski definition) is 4. The van der Waals surface area contributed by atoms with Crippen LogP contribution in [0.1, 0.15) is 18.2 Å². The van der Waals surface area contributed by atoms with Crippen molar-refractivity contribution in [2.24, 2.45) is 0 Å². The first kappa shape index (κ1) is 20.9. The highest BCUT2D eigenvalue weighted by Gasteiger charge is 2.18. The van der Waals surface area contributed by atoms with Gasteiger partial charge in [0.25, 0.3) is 0 Å². The normalized spacial score (nSPS) is 13.1. The van der Waals surface area contributed by atoms with Gasteiger partial charge in [0.1, 0.15) is 17.3 Å². The van der Waals surface area contributed by atoms with Crippen LogP contribution in [0.3, 0.4) is 0 Å². The fourth-order valence-electron chi connectivity index (χ4n) is 3.46. The predicted octanol–water partition coefficient (Wildman–Crippen LogP) is 3.25. The van der Waals surface area contributed by atoms with Gasteiger partial charge in [-0.3, -0.25) is 9.00 Å². The number of carbonyl (C=O) groups is 1. The van der Waals surface area contributed by atoms with Crippen LogP contribution in [0.4, 0.5) is 0 Å². The Labute approximate surface area is 183 Å². The molecule has 7 nitrogen and oxygen atoms in total. The molecule has 8 heteroatoms. The van der Waals surface area contributed by atoms with Crippen molar-refractivity contribution in [1.29, 1.82) is 0 Å². The van der Waals surface area contributed by atoms with Crippen LogP contribution in [-0.4, -0.2) is 36.3 Å². The second-order valence-corrected chi connectivity index (χ2v) is 8.77. The summed E-state index contributed by atoms with van der Waals surface area (Å²) in [5.41, 5.74) is 1.72. The minimum absolute atomic E-state index is 0.0653. The van der Waals surface area contributed by atoms with Crippen molar-refractivity contribution >= 4 is 16.7 Å². The second kappa shape index (κ2) is 9.61. The summed E-state index contributed by atoms with van der Waals surface area (Å²) in [6.07, 6.45) is 7.76. The summed E-state index contributed by atoms with van der Waals surface area (Å²) < 4.78 is 21.8. The van der Waals surface area contributed by atoms with Gasteiger partial charge in [-0.05, 0) is 43.3 Å². The van der Waals surface area contributed by atoms with E-state index >= 15 is 0 Å². The Morgan fingerprint density at radius 1 is 1.13 bits per heavy atom. The van der Waals surface area contributed by atoms with Gasteiger partial charge < -0.3 is 14.3 Å². The number of aromatic nitrogens is 3. The van der Waals surface area contributed by atoms with Gasteiger partial charge in [0.2, 0.25) is 5.91 Å². The van der Waals surface area contributed by atoms with E-state index in [0.29, 0.717) is 6.42 Å². The molecular weight excluding hydrogens is 412 g/mol. The first-order valence-corrected chi connectivity index (χ1v) is 11.5. The fourth-order valence-corrected chi connectivity index (χ4v) is 4.48. The molecule has 0 saturated carbocycles. The third-order valence-corrected chi connectivity index (χ3v) is 5.99. The summed E-state index contributed by atoms with van der Waals surface area (Å²) in [5.74, 6) is 1.55. The number of hydrogen-bond donors (Lipinski definition) is 1. The molecule has 0 aliphatic rings. The van der Waals surface area contributed by atoms with E-state index < -0.39 is 10.8 Å². The van der Waals surface area contributed by atoms with Gasteiger partial charge in [-0.2, -0.15) is 5.10 Å². The number of carbonyl (C=O) groups excluding carboxylic acids is 1. The molecule has 1 amide bonds. The summed E-state index contributed by atoms with van der Waals surface area (Å²) in [5, 5.41) is 7.41. The van der Waals surface area contributed by atoms with Gasteiger partial charge >= 0.3 is 0 Å². The maximum Gasteiger partial charge on any atom is 0.232 e. The topological polar surface area (TPSA) is 82.1 Å². The second-order valence-electron chi connectivity index (χ2n) is 7.31. The number of para-hydroxylation sites is 1. The minimum Gasteiger partial charge on any atom is -0.469 e. The maximum absolute atomic E-state index is 12.8. The molecule has 31 heavy (non-hydrogen) atoms. The molecule has 160 valence electrons. The predicted molar refractivity (Wildman–Crippen MR) is 120 cm³/mol. The van der Waals surface area contributed by atoms with E-state index in [-0.39, 0.29) is 23.5 Å². The van der Waals surface area contributed by atoms with Crippen LogP contribution in [0.2, 0.25) is 0 Å². The van der Waals surface area contributed by atoms with Crippen LogP contribution in [0.15, 0.2) is 83.9 Å². The summed E-state index contributed by atoms with van der Waals surface area (Å²) >= 11 is 0. The van der Waals surface area contributed by atoms with Crippen LogP contribution >= 0.6 is 0 Å². The first-order chi connectivity index (χ1) is 15.1. The molecule has 0 fully saturated rings. The Balaban J connectivity index is 1.44. The average molecular weight is 437 g/mol. The Hall–Kier alpha value is -3.39. The van der Waals surface area contributed by atoms with Crippen molar-refractivity contribution in [1.82, 2.24) is 19.7 Å². The molecule has 3 aromatic heterocycles. The number of amides is 1. The summed E-state index contributed by atoms with van der Waals surface area (Å²) in [6, 6.07) is 17.2. The van der Waals surface area contributed by atoms with Crippen molar-refractivity contribution in [2.45, 2.75) is 25.1 Å². The van der Waals surface area contributed by atoms with E-state index in [1.165, 1.54) is 0 Å². The van der Waals surface area contributed by atoms with E-state index in [1.807, 2.05) is 83.2 Å². The Kier molecular flexibility index (Phi) is 6.47. The van der Waals surface area contributed by atoms with Crippen LogP contribution in [0.25, 0.3) is 11.5 Å². The maximum atomic E-state index is 12.8. The van der Waals surface area contributed by atoms with Crippen molar-refractivity contribution in [2.75, 3.05) is 5.75 Å². The number of nitrogens with one attached hydrogen (secondary N) is 1. The summed E-state index contributed by atoms with van der Waals surface area (Å²) in [7, 11) is -1.37. The SMILES string of the molecule is C[C@H](Cc1ccco1)NC(=O)C[S@@](=O)Cc1cnn(-c2ccccc2)c1-n1cccc1. The summed E-state index contributed by atoms with van der Waals surface area (Å²) in [6.45, 7) is 1.90. The Morgan fingerprint density at radius 3 is 2.61 bits per heavy atom. The molecule has 0 spiro atoms. The highest BCUT2D eigenvalue weighted by molar-refractivity contribution is 7.84. The Bertz CT molecular complexity index is 1140. The van der Waals surface area contributed by atoms with Gasteiger partial charge in [-0.25, -0.2) is 4.68 Å². The van der Waals surface area contributed by atoms with E-state index in [1.54, 1.807) is 12.5 Å². The lowest BCUT2D eigenvalue weighted by atomic mass is 10.2. The molecule has 0 unspecified atom stereocenters. The van der Waals surface area contributed by atoms with E-state index in [9.17, 15) is 9.00 Å². The molecule has 0 bridgehead atoms. The lowest BCUT2D eigenvalue weighted by molar-refractivity contribution is -0.119. The lowest BCUT2D eigenvalue weighted by Gasteiger charge is -2.13.